The van der Waals surface area contributed by atoms with Gasteiger partial charge in [-0.3, -0.25) is 0 Å². The lowest BCUT2D eigenvalue weighted by molar-refractivity contribution is 0.369. The number of rotatable bonds is 2. The maximum Gasteiger partial charge on any atom is 0.0838 e. The quantitative estimate of drug-likeness (QED) is 0.480. The molecule has 1 rings (SSSR count). The molecule has 0 amide bonds. The van der Waals surface area contributed by atoms with Crippen molar-refractivity contribution in [2.75, 3.05) is 0 Å². The van der Waals surface area contributed by atoms with E-state index in [0.717, 1.165) is 0 Å². The molecule has 0 N–H and O–H groups in total. The van der Waals surface area contributed by atoms with Crippen LogP contribution in [-0.2, 0) is 4.74 Å². The second-order valence-corrected chi connectivity index (χ2v) is 2.17. The second kappa shape index (κ2) is 1.83. The van der Waals surface area contributed by atoms with Crippen LogP contribution in [0.25, 0.3) is 0 Å². The molecule has 42 valence electrons. The van der Waals surface area contributed by atoms with E-state index in [1.807, 2.05) is 0 Å². The van der Waals surface area contributed by atoms with Crippen molar-refractivity contribution >= 4 is 0 Å². The van der Waals surface area contributed by atoms with Gasteiger partial charge in [0.1, 0.15) is 0 Å². The molecule has 2 atom stereocenters. The van der Waals surface area contributed by atoms with Gasteiger partial charge in [0.15, 0.2) is 0 Å². The lowest BCUT2D eigenvalue weighted by atomic mass is 10.2. The van der Waals surface area contributed by atoms with E-state index in [2.05, 4.69) is 13.8 Å². The monoisotopic (exact) mass is 100 g/mol. The standard InChI is InChI=1S/C6H12O/c1-3-4-6-5(2)7-6/h5-6H,3-4H2,1-2H3/t5-,6-/m0/s1. The second-order valence-electron chi connectivity index (χ2n) is 2.17. The molecule has 0 radical (unpaired) electrons. The summed E-state index contributed by atoms with van der Waals surface area (Å²) in [5.41, 5.74) is 0. The van der Waals surface area contributed by atoms with E-state index in [0.29, 0.717) is 12.2 Å². The maximum absolute atomic E-state index is 5.16. The van der Waals surface area contributed by atoms with Gasteiger partial charge in [-0.15, -0.1) is 0 Å². The van der Waals surface area contributed by atoms with E-state index in [4.69, 9.17) is 4.74 Å². The molecule has 0 spiro atoms. The van der Waals surface area contributed by atoms with Gasteiger partial charge in [0.25, 0.3) is 0 Å². The summed E-state index contributed by atoms with van der Waals surface area (Å²) in [6.07, 6.45) is 3.70. The van der Waals surface area contributed by atoms with Gasteiger partial charge in [-0.05, 0) is 13.3 Å². The van der Waals surface area contributed by atoms with Gasteiger partial charge in [0.05, 0.1) is 12.2 Å². The molecule has 1 fully saturated rings. The molecule has 1 aliphatic rings. The average Bonchev–Trinajstić information content (AvgIpc) is 2.22. The Bertz CT molecular complexity index is 61.2. The van der Waals surface area contributed by atoms with Crippen LogP contribution in [0.5, 0.6) is 0 Å². The topological polar surface area (TPSA) is 12.5 Å². The van der Waals surface area contributed by atoms with Crippen molar-refractivity contribution in [1.82, 2.24) is 0 Å². The fraction of sp³-hybridized carbons (Fsp3) is 1.00. The highest BCUT2D eigenvalue weighted by Crippen LogP contribution is 2.24. The van der Waals surface area contributed by atoms with E-state index in [9.17, 15) is 0 Å². The molecule has 0 saturated carbocycles. The molecule has 1 heterocycles. The van der Waals surface area contributed by atoms with Crippen molar-refractivity contribution in [1.29, 1.82) is 0 Å². The van der Waals surface area contributed by atoms with Crippen molar-refractivity contribution in [3.05, 3.63) is 0 Å². The number of hydrogen-bond acceptors (Lipinski definition) is 1. The Morgan fingerprint density at radius 2 is 2.14 bits per heavy atom. The Balaban J connectivity index is 1.98. The molecule has 0 aromatic rings. The first-order valence-corrected chi connectivity index (χ1v) is 3.00. The van der Waals surface area contributed by atoms with Gasteiger partial charge < -0.3 is 4.74 Å². The lowest BCUT2D eigenvalue weighted by Crippen LogP contribution is -1.85. The van der Waals surface area contributed by atoms with E-state index in [1.54, 1.807) is 0 Å². The van der Waals surface area contributed by atoms with E-state index >= 15 is 0 Å². The normalized spacial score (nSPS) is 38.6. The summed E-state index contributed by atoms with van der Waals surface area (Å²) in [5, 5.41) is 0. The molecule has 1 aliphatic heterocycles. The van der Waals surface area contributed by atoms with Crippen LogP contribution < -0.4 is 0 Å². The first-order valence-electron chi connectivity index (χ1n) is 3.00. The summed E-state index contributed by atoms with van der Waals surface area (Å²) in [7, 11) is 0. The first-order chi connectivity index (χ1) is 3.34. The van der Waals surface area contributed by atoms with Crippen molar-refractivity contribution in [3.8, 4) is 0 Å². The van der Waals surface area contributed by atoms with Crippen LogP contribution in [0, 0.1) is 0 Å². The van der Waals surface area contributed by atoms with Crippen LogP contribution in [-0.4, -0.2) is 12.2 Å². The van der Waals surface area contributed by atoms with E-state index in [1.165, 1.54) is 12.8 Å². The Morgan fingerprint density at radius 1 is 1.57 bits per heavy atom. The summed E-state index contributed by atoms with van der Waals surface area (Å²) in [6, 6.07) is 0. The molecule has 0 aliphatic carbocycles. The average molecular weight is 100 g/mol. The molecule has 1 saturated heterocycles. The smallest absolute Gasteiger partial charge is 0.0838 e. The van der Waals surface area contributed by atoms with Crippen molar-refractivity contribution in [2.24, 2.45) is 0 Å². The minimum Gasteiger partial charge on any atom is -0.370 e. The number of hydrogen-bond donors (Lipinski definition) is 0. The summed E-state index contributed by atoms with van der Waals surface area (Å²) in [6.45, 7) is 4.31. The van der Waals surface area contributed by atoms with Crippen molar-refractivity contribution in [3.63, 3.8) is 0 Å². The summed E-state index contributed by atoms with van der Waals surface area (Å²) < 4.78 is 5.16. The molecular formula is C6H12O. The van der Waals surface area contributed by atoms with Crippen LogP contribution in [0.1, 0.15) is 26.7 Å². The van der Waals surface area contributed by atoms with E-state index < -0.39 is 0 Å². The van der Waals surface area contributed by atoms with Crippen LogP contribution in [0.3, 0.4) is 0 Å². The fourth-order valence-corrected chi connectivity index (χ4v) is 0.818. The van der Waals surface area contributed by atoms with Gasteiger partial charge in [-0.1, -0.05) is 13.3 Å². The summed E-state index contributed by atoms with van der Waals surface area (Å²) in [5.74, 6) is 0. The third kappa shape index (κ3) is 1.16. The molecule has 1 heteroatoms. The zero-order valence-corrected chi connectivity index (χ0v) is 4.98. The number of epoxide rings is 1. The van der Waals surface area contributed by atoms with Gasteiger partial charge in [-0.25, -0.2) is 0 Å². The van der Waals surface area contributed by atoms with Crippen molar-refractivity contribution < 1.29 is 4.74 Å². The predicted octanol–water partition coefficient (Wildman–Crippen LogP) is 1.57. The molecule has 1 nitrogen and oxygen atoms in total. The lowest BCUT2D eigenvalue weighted by Gasteiger charge is -1.81. The maximum atomic E-state index is 5.16. The zero-order valence-electron chi connectivity index (χ0n) is 4.98. The van der Waals surface area contributed by atoms with Gasteiger partial charge >= 0.3 is 0 Å². The molecular weight excluding hydrogens is 88.1 g/mol. The molecule has 0 aromatic carbocycles. The van der Waals surface area contributed by atoms with E-state index in [-0.39, 0.29) is 0 Å². The van der Waals surface area contributed by atoms with Crippen molar-refractivity contribution in [2.45, 2.75) is 38.9 Å². The minimum atomic E-state index is 0.569. The largest absolute Gasteiger partial charge is 0.370 e. The van der Waals surface area contributed by atoms with Crippen LogP contribution >= 0.6 is 0 Å². The fourth-order valence-electron chi connectivity index (χ4n) is 0.818. The SMILES string of the molecule is CCC[C@@H]1O[C@H]1C. The number of ether oxygens (including phenoxy) is 1. The highest BCUT2D eigenvalue weighted by Gasteiger charge is 2.32. The van der Waals surface area contributed by atoms with Gasteiger partial charge in [0, 0.05) is 0 Å². The third-order valence-electron chi connectivity index (χ3n) is 1.41. The van der Waals surface area contributed by atoms with Crippen LogP contribution in [0.4, 0.5) is 0 Å². The Kier molecular flexibility index (Phi) is 1.33. The molecule has 0 aromatic heterocycles. The zero-order chi connectivity index (χ0) is 5.28. The van der Waals surface area contributed by atoms with Gasteiger partial charge in [-0.2, -0.15) is 0 Å². The summed E-state index contributed by atoms with van der Waals surface area (Å²) >= 11 is 0. The molecule has 0 bridgehead atoms. The highest BCUT2D eigenvalue weighted by atomic mass is 16.6. The molecule has 7 heavy (non-hydrogen) atoms. The predicted molar refractivity (Wildman–Crippen MR) is 29.2 cm³/mol. The Hall–Kier alpha value is -0.0400. The third-order valence-corrected chi connectivity index (χ3v) is 1.41. The Labute approximate surface area is 44.7 Å². The summed E-state index contributed by atoms with van der Waals surface area (Å²) in [4.78, 5) is 0. The Morgan fingerprint density at radius 3 is 2.29 bits per heavy atom. The van der Waals surface area contributed by atoms with Crippen LogP contribution in [0.15, 0.2) is 0 Å². The highest BCUT2D eigenvalue weighted by molar-refractivity contribution is 4.78. The van der Waals surface area contributed by atoms with Gasteiger partial charge in [0.2, 0.25) is 0 Å². The molecule has 0 unspecified atom stereocenters. The van der Waals surface area contributed by atoms with Crippen LogP contribution in [0.2, 0.25) is 0 Å². The minimum absolute atomic E-state index is 0.569. The first kappa shape index (κ1) is 5.10.